The third kappa shape index (κ3) is 6.69. The Morgan fingerprint density at radius 2 is 1.46 bits per heavy atom. The van der Waals surface area contributed by atoms with Gasteiger partial charge in [0.05, 0.1) is 18.6 Å². The molecular formula is C35H42O4. The molecule has 0 bridgehead atoms. The van der Waals surface area contributed by atoms with E-state index in [2.05, 4.69) is 113 Å². The molecule has 1 fully saturated rings. The third-order valence-corrected chi connectivity index (χ3v) is 8.45. The maximum Gasteiger partial charge on any atom is 0.305 e. The maximum atomic E-state index is 11.0. The van der Waals surface area contributed by atoms with E-state index in [0.717, 1.165) is 12.8 Å². The Hall–Kier alpha value is -3.21. The van der Waals surface area contributed by atoms with Crippen molar-refractivity contribution in [1.82, 2.24) is 0 Å². The van der Waals surface area contributed by atoms with Gasteiger partial charge in [0.1, 0.15) is 0 Å². The summed E-state index contributed by atoms with van der Waals surface area (Å²) in [4.78, 5) is 11.0. The fraction of sp³-hybridized carbons (Fsp3) is 0.400. The summed E-state index contributed by atoms with van der Waals surface area (Å²) in [6.07, 6.45) is 3.38. The number of rotatable bonds is 9. The number of hydrogen-bond acceptors (Lipinski definition) is 3. The lowest BCUT2D eigenvalue weighted by molar-refractivity contribution is -0.139. The highest BCUT2D eigenvalue weighted by Crippen LogP contribution is 2.59. The van der Waals surface area contributed by atoms with Crippen LogP contribution in [-0.4, -0.2) is 33.5 Å². The minimum Gasteiger partial charge on any atom is -0.481 e. The van der Waals surface area contributed by atoms with Crippen molar-refractivity contribution in [1.29, 1.82) is 0 Å². The molecule has 0 heterocycles. The summed E-state index contributed by atoms with van der Waals surface area (Å²) in [5, 5.41) is 29.7. The van der Waals surface area contributed by atoms with Crippen molar-refractivity contribution in [2.45, 2.75) is 76.9 Å². The molecule has 1 aliphatic rings. The van der Waals surface area contributed by atoms with Crippen LogP contribution >= 0.6 is 0 Å². The summed E-state index contributed by atoms with van der Waals surface area (Å²) < 4.78 is 0. The first kappa shape index (κ1) is 28.8. The van der Waals surface area contributed by atoms with Crippen molar-refractivity contribution >= 4 is 5.97 Å². The van der Waals surface area contributed by atoms with Crippen LogP contribution in [0.3, 0.4) is 0 Å². The van der Waals surface area contributed by atoms with E-state index in [-0.39, 0.29) is 35.5 Å². The van der Waals surface area contributed by atoms with Crippen molar-refractivity contribution < 1.29 is 20.1 Å². The van der Waals surface area contributed by atoms with Gasteiger partial charge in [0.25, 0.3) is 0 Å². The minimum atomic E-state index is -1.08. The lowest BCUT2D eigenvalue weighted by atomic mass is 9.50. The Morgan fingerprint density at radius 3 is 1.97 bits per heavy atom. The Morgan fingerprint density at radius 1 is 0.923 bits per heavy atom. The fourth-order valence-corrected chi connectivity index (χ4v) is 6.97. The number of carbonyl (C=O) groups is 1. The number of aliphatic hydroxyl groups excluding tert-OH is 2. The van der Waals surface area contributed by atoms with Gasteiger partial charge in [0.15, 0.2) is 0 Å². The van der Waals surface area contributed by atoms with E-state index in [0.29, 0.717) is 0 Å². The molecule has 0 saturated heterocycles. The number of carboxylic acids is 1. The van der Waals surface area contributed by atoms with Crippen LogP contribution in [-0.2, 0) is 10.2 Å². The van der Waals surface area contributed by atoms with Gasteiger partial charge < -0.3 is 15.3 Å². The zero-order valence-corrected chi connectivity index (χ0v) is 23.5. The number of hydrogen-bond donors (Lipinski definition) is 3. The number of benzene rings is 3. The summed E-state index contributed by atoms with van der Waals surface area (Å²) >= 11 is 0. The number of aliphatic carboxylic acids is 1. The van der Waals surface area contributed by atoms with Gasteiger partial charge >= 0.3 is 5.97 Å². The van der Waals surface area contributed by atoms with Crippen molar-refractivity contribution in [2.24, 2.45) is 11.3 Å². The van der Waals surface area contributed by atoms with Crippen LogP contribution in [0.4, 0.5) is 0 Å². The minimum absolute atomic E-state index is 0.00212. The summed E-state index contributed by atoms with van der Waals surface area (Å²) in [5.41, 5.74) is 6.08. The van der Waals surface area contributed by atoms with Crippen LogP contribution in [0, 0.1) is 25.2 Å². The highest BCUT2D eigenvalue weighted by Gasteiger charge is 2.51. The average molecular weight is 527 g/mol. The summed E-state index contributed by atoms with van der Waals surface area (Å²) in [6.45, 7) is 8.93. The van der Waals surface area contributed by atoms with Crippen LogP contribution in [0.5, 0.6) is 0 Å². The Labute approximate surface area is 233 Å². The van der Waals surface area contributed by atoms with Gasteiger partial charge in [0, 0.05) is 11.8 Å². The molecule has 0 aromatic heterocycles. The predicted octanol–water partition coefficient (Wildman–Crippen LogP) is 6.95. The smallest absolute Gasteiger partial charge is 0.305 e. The van der Waals surface area contributed by atoms with Crippen LogP contribution in [0.25, 0.3) is 0 Å². The van der Waals surface area contributed by atoms with Gasteiger partial charge in [-0.2, -0.15) is 0 Å². The van der Waals surface area contributed by atoms with E-state index >= 15 is 0 Å². The van der Waals surface area contributed by atoms with E-state index in [1.165, 1.54) is 27.8 Å². The molecular weight excluding hydrogens is 484 g/mol. The highest BCUT2D eigenvalue weighted by atomic mass is 16.4. The summed E-state index contributed by atoms with van der Waals surface area (Å²) in [5.74, 6) is -0.759. The lowest BCUT2D eigenvalue weighted by Gasteiger charge is -2.53. The summed E-state index contributed by atoms with van der Waals surface area (Å²) in [6, 6.07) is 28.5. The molecule has 4 rings (SSSR count). The van der Waals surface area contributed by atoms with Crippen molar-refractivity contribution in [3.63, 3.8) is 0 Å². The largest absolute Gasteiger partial charge is 0.481 e. The molecule has 3 aromatic carbocycles. The molecule has 1 saturated carbocycles. The van der Waals surface area contributed by atoms with Crippen molar-refractivity contribution in [2.75, 3.05) is 0 Å². The second-order valence-electron chi connectivity index (χ2n) is 12.2. The number of aliphatic hydroxyl groups is 2. The molecule has 0 spiro atoms. The second kappa shape index (κ2) is 11.9. The summed E-state index contributed by atoms with van der Waals surface area (Å²) in [7, 11) is 0. The van der Waals surface area contributed by atoms with Gasteiger partial charge in [-0.15, -0.1) is 0 Å². The van der Waals surface area contributed by atoms with Gasteiger partial charge in [0.2, 0.25) is 0 Å². The average Bonchev–Trinajstić information content (AvgIpc) is 2.87. The Balaban J connectivity index is 1.80. The van der Waals surface area contributed by atoms with Crippen LogP contribution in [0.15, 0.2) is 91.0 Å². The molecule has 3 aromatic rings. The number of allylic oxidation sites excluding steroid dienone is 1. The highest BCUT2D eigenvalue weighted by molar-refractivity contribution is 5.67. The van der Waals surface area contributed by atoms with Crippen molar-refractivity contribution in [3.8, 4) is 0 Å². The molecule has 4 nitrogen and oxygen atoms in total. The Bertz CT molecular complexity index is 1220. The molecule has 0 amide bonds. The van der Waals surface area contributed by atoms with E-state index < -0.39 is 18.2 Å². The molecule has 1 aliphatic carbocycles. The standard InChI is InChI=1S/C35H42O4/c1-24-17-25(2)19-26(18-24)31-22-35(27-11-7-5-8-12-27,28-13-9-6-10-14-28)23-34(3,4)32(31)16-15-29(36)20-30(37)21-33(38)39/h5-19,29-32,36-37H,20-23H2,1-4H3,(H,38,39). The SMILES string of the molecule is Cc1cc(C)cc(C2CC(c3ccccc3)(c3ccccc3)CC(C)(C)C2C=CC(O)CC(O)CC(=O)O)c1. The third-order valence-electron chi connectivity index (χ3n) is 8.45. The van der Waals surface area contributed by atoms with Gasteiger partial charge in [-0.05, 0) is 60.6 Å². The maximum absolute atomic E-state index is 11.0. The number of aryl methyl sites for hydroxylation is 2. The van der Waals surface area contributed by atoms with Crippen LogP contribution in [0.2, 0.25) is 0 Å². The monoisotopic (exact) mass is 526 g/mol. The van der Waals surface area contributed by atoms with Gasteiger partial charge in [-0.3, -0.25) is 4.79 Å². The quantitative estimate of drug-likeness (QED) is 0.264. The van der Waals surface area contributed by atoms with E-state index in [1.54, 1.807) is 6.08 Å². The zero-order valence-electron chi connectivity index (χ0n) is 23.5. The number of carboxylic acid groups (broad SMARTS) is 1. The molecule has 4 heteroatoms. The van der Waals surface area contributed by atoms with Crippen molar-refractivity contribution in [3.05, 3.63) is 119 Å². The Kier molecular flexibility index (Phi) is 8.78. The first-order valence-corrected chi connectivity index (χ1v) is 14.0. The second-order valence-corrected chi connectivity index (χ2v) is 12.2. The molecule has 0 radical (unpaired) electrons. The van der Waals surface area contributed by atoms with E-state index in [4.69, 9.17) is 5.11 Å². The fourth-order valence-electron chi connectivity index (χ4n) is 6.97. The molecule has 39 heavy (non-hydrogen) atoms. The van der Waals surface area contributed by atoms with Crippen LogP contribution < -0.4 is 0 Å². The van der Waals surface area contributed by atoms with Gasteiger partial charge in [-0.1, -0.05) is 116 Å². The molecule has 4 atom stereocenters. The lowest BCUT2D eigenvalue weighted by Crippen LogP contribution is -2.46. The molecule has 0 aliphatic heterocycles. The predicted molar refractivity (Wildman–Crippen MR) is 157 cm³/mol. The van der Waals surface area contributed by atoms with Gasteiger partial charge in [-0.25, -0.2) is 0 Å². The first-order valence-electron chi connectivity index (χ1n) is 14.0. The van der Waals surface area contributed by atoms with Crippen LogP contribution in [0.1, 0.15) is 73.3 Å². The molecule has 4 unspecified atom stereocenters. The topological polar surface area (TPSA) is 77.8 Å². The zero-order chi connectivity index (χ0) is 28.2. The molecule has 3 N–H and O–H groups in total. The van der Waals surface area contributed by atoms with E-state index in [9.17, 15) is 15.0 Å². The van der Waals surface area contributed by atoms with E-state index in [1.807, 2.05) is 0 Å². The molecule has 206 valence electrons. The first-order chi connectivity index (χ1) is 18.5. The normalized spacial score (nSPS) is 21.9.